The van der Waals surface area contributed by atoms with Crippen molar-refractivity contribution >= 4 is 27.4 Å². The van der Waals surface area contributed by atoms with Crippen LogP contribution in [0.15, 0.2) is 28.9 Å². The average molecular weight is 317 g/mol. The van der Waals surface area contributed by atoms with Gasteiger partial charge in [0.05, 0.1) is 0 Å². The summed E-state index contributed by atoms with van der Waals surface area (Å²) in [5.74, 6) is -0.0262. The maximum absolute atomic E-state index is 12.6. The zero-order valence-electron chi connectivity index (χ0n) is 10.5. The fraction of sp³-hybridized carbons (Fsp3) is 0.200. The summed E-state index contributed by atoms with van der Waals surface area (Å²) in [6.07, 6.45) is 3.33. The monoisotopic (exact) mass is 316 g/mol. The van der Waals surface area contributed by atoms with Crippen LogP contribution in [0.1, 0.15) is 32.7 Å². The minimum absolute atomic E-state index is 0.0262. The van der Waals surface area contributed by atoms with Crippen molar-refractivity contribution in [3.05, 3.63) is 56.8 Å². The summed E-state index contributed by atoms with van der Waals surface area (Å²) in [6, 6.07) is 5.78. The summed E-state index contributed by atoms with van der Waals surface area (Å²) >= 11 is 3.40. The van der Waals surface area contributed by atoms with Crippen LogP contribution in [0.2, 0.25) is 0 Å². The molecule has 0 atom stereocenters. The molecule has 2 aromatic rings. The summed E-state index contributed by atoms with van der Waals surface area (Å²) in [5, 5.41) is 0. The Balaban J connectivity index is 2.20. The first-order chi connectivity index (χ1) is 9.06. The van der Waals surface area contributed by atoms with Gasteiger partial charge in [-0.1, -0.05) is 6.07 Å². The van der Waals surface area contributed by atoms with Crippen LogP contribution < -0.4 is 5.73 Å². The van der Waals surface area contributed by atoms with E-state index in [4.69, 9.17) is 5.73 Å². The van der Waals surface area contributed by atoms with Gasteiger partial charge in [0.15, 0.2) is 0 Å². The number of anilines is 1. The number of halogens is 1. The van der Waals surface area contributed by atoms with Crippen molar-refractivity contribution in [1.29, 1.82) is 0 Å². The quantitative estimate of drug-likeness (QED) is 0.760. The summed E-state index contributed by atoms with van der Waals surface area (Å²) < 4.78 is 0.903. The summed E-state index contributed by atoms with van der Waals surface area (Å²) in [7, 11) is 0. The van der Waals surface area contributed by atoms with Crippen LogP contribution in [0.4, 0.5) is 5.69 Å². The Morgan fingerprint density at radius 2 is 1.95 bits per heavy atom. The van der Waals surface area contributed by atoms with Gasteiger partial charge in [-0.25, -0.2) is 0 Å². The van der Waals surface area contributed by atoms with Crippen molar-refractivity contribution in [1.82, 2.24) is 4.98 Å². The number of aromatic nitrogens is 1. The molecular formula is C15H13BrN2O. The van der Waals surface area contributed by atoms with Crippen molar-refractivity contribution in [3.63, 3.8) is 0 Å². The fourth-order valence-electron chi connectivity index (χ4n) is 2.48. The molecule has 0 radical (unpaired) electrons. The van der Waals surface area contributed by atoms with Gasteiger partial charge < -0.3 is 5.73 Å². The van der Waals surface area contributed by atoms with Crippen molar-refractivity contribution in [2.45, 2.75) is 19.8 Å². The summed E-state index contributed by atoms with van der Waals surface area (Å²) in [5.41, 5.74) is 10.9. The fourth-order valence-corrected chi connectivity index (χ4v) is 2.85. The second-order valence-electron chi connectivity index (χ2n) is 4.86. The van der Waals surface area contributed by atoms with Crippen LogP contribution in [0.3, 0.4) is 0 Å². The Labute approximate surface area is 120 Å². The van der Waals surface area contributed by atoms with Crippen LogP contribution in [-0.4, -0.2) is 10.8 Å². The highest BCUT2D eigenvalue weighted by atomic mass is 79.9. The molecule has 1 heterocycles. The third-order valence-electron chi connectivity index (χ3n) is 3.55. The molecule has 0 spiro atoms. The Bertz CT molecular complexity index is 695. The van der Waals surface area contributed by atoms with Gasteiger partial charge in [0.2, 0.25) is 5.78 Å². The van der Waals surface area contributed by atoms with E-state index >= 15 is 0 Å². The number of nitrogens with zero attached hydrogens (tertiary/aromatic N) is 1. The van der Waals surface area contributed by atoms with Gasteiger partial charge in [-0.3, -0.25) is 9.78 Å². The molecule has 0 bridgehead atoms. The molecule has 3 rings (SSSR count). The largest absolute Gasteiger partial charge is 0.398 e. The predicted molar refractivity (Wildman–Crippen MR) is 78.4 cm³/mol. The topological polar surface area (TPSA) is 56.0 Å². The molecule has 1 aromatic carbocycles. The van der Waals surface area contributed by atoms with E-state index in [0.717, 1.165) is 34.0 Å². The molecule has 96 valence electrons. The molecule has 2 N–H and O–H groups in total. The van der Waals surface area contributed by atoms with E-state index in [1.165, 1.54) is 0 Å². The number of hydrogen-bond acceptors (Lipinski definition) is 3. The molecule has 1 aromatic heterocycles. The van der Waals surface area contributed by atoms with Crippen LogP contribution in [0, 0.1) is 6.92 Å². The number of ketones is 1. The summed E-state index contributed by atoms with van der Waals surface area (Å²) in [4.78, 5) is 16.8. The highest BCUT2D eigenvalue weighted by Gasteiger charge is 2.23. The molecule has 3 nitrogen and oxygen atoms in total. The molecule has 0 aliphatic heterocycles. The number of nitrogen functional groups attached to an aromatic ring is 1. The number of pyridine rings is 1. The van der Waals surface area contributed by atoms with E-state index in [-0.39, 0.29) is 5.78 Å². The Kier molecular flexibility index (Phi) is 2.90. The summed E-state index contributed by atoms with van der Waals surface area (Å²) in [6.45, 7) is 1.97. The highest BCUT2D eigenvalue weighted by Crippen LogP contribution is 2.28. The van der Waals surface area contributed by atoms with E-state index < -0.39 is 0 Å². The van der Waals surface area contributed by atoms with Gasteiger partial charge in [-0.2, -0.15) is 0 Å². The Morgan fingerprint density at radius 3 is 2.74 bits per heavy atom. The first kappa shape index (κ1) is 12.4. The zero-order valence-corrected chi connectivity index (χ0v) is 12.1. The first-order valence-corrected chi connectivity index (χ1v) is 6.93. The molecule has 0 fully saturated rings. The lowest BCUT2D eigenvalue weighted by Gasteiger charge is -2.08. The number of fused-ring (bicyclic) bond motifs is 2. The third kappa shape index (κ3) is 2.06. The maximum Gasteiger partial charge on any atom is 0.211 e. The van der Waals surface area contributed by atoms with Crippen molar-refractivity contribution in [2.75, 3.05) is 5.73 Å². The third-order valence-corrected chi connectivity index (χ3v) is 3.98. The van der Waals surface area contributed by atoms with Gasteiger partial charge >= 0.3 is 0 Å². The van der Waals surface area contributed by atoms with Gasteiger partial charge in [0.25, 0.3) is 0 Å². The van der Waals surface area contributed by atoms with Crippen molar-refractivity contribution in [2.24, 2.45) is 0 Å². The second-order valence-corrected chi connectivity index (χ2v) is 5.77. The number of carbonyl (C=O) groups is 1. The number of benzene rings is 1. The average Bonchev–Trinajstić information content (AvgIpc) is 2.50. The normalized spacial score (nSPS) is 13.7. The first-order valence-electron chi connectivity index (χ1n) is 6.14. The number of carbonyl (C=O) groups excluding carboxylic acids is 1. The SMILES string of the molecule is Cc1cc2c(cc1N)C(=O)c1ncc(Br)cc1CC2. The minimum atomic E-state index is -0.0262. The molecule has 1 aliphatic carbocycles. The molecule has 0 saturated carbocycles. The lowest BCUT2D eigenvalue weighted by molar-refractivity contribution is 0.103. The number of aryl methyl sites for hydroxylation is 3. The number of hydrogen-bond donors (Lipinski definition) is 1. The zero-order chi connectivity index (χ0) is 13.6. The Morgan fingerprint density at radius 1 is 1.21 bits per heavy atom. The molecular weight excluding hydrogens is 304 g/mol. The smallest absolute Gasteiger partial charge is 0.211 e. The number of nitrogens with two attached hydrogens (primary N) is 1. The van der Waals surface area contributed by atoms with E-state index in [1.54, 1.807) is 12.3 Å². The van der Waals surface area contributed by atoms with Crippen molar-refractivity contribution in [3.8, 4) is 0 Å². The standard InChI is InChI=1S/C15H13BrN2O/c1-8-4-9-2-3-10-5-11(16)7-18-14(10)15(19)12(9)6-13(8)17/h4-7H,2-3,17H2,1H3. The highest BCUT2D eigenvalue weighted by molar-refractivity contribution is 9.10. The van der Waals surface area contributed by atoms with E-state index in [2.05, 4.69) is 20.9 Å². The maximum atomic E-state index is 12.6. The van der Waals surface area contributed by atoms with Gasteiger partial charge in [0.1, 0.15) is 5.69 Å². The van der Waals surface area contributed by atoms with Crippen LogP contribution in [-0.2, 0) is 12.8 Å². The lowest BCUT2D eigenvalue weighted by atomic mass is 9.98. The van der Waals surface area contributed by atoms with Crippen molar-refractivity contribution < 1.29 is 4.79 Å². The second kappa shape index (κ2) is 4.46. The van der Waals surface area contributed by atoms with Crippen LogP contribution in [0.25, 0.3) is 0 Å². The Hall–Kier alpha value is -1.68. The lowest BCUT2D eigenvalue weighted by Crippen LogP contribution is -2.08. The van der Waals surface area contributed by atoms with E-state index in [0.29, 0.717) is 16.9 Å². The molecule has 0 saturated heterocycles. The molecule has 1 aliphatic rings. The van der Waals surface area contributed by atoms with Gasteiger partial charge in [-0.15, -0.1) is 0 Å². The molecule has 4 heteroatoms. The van der Waals surface area contributed by atoms with Gasteiger partial charge in [0, 0.05) is 21.9 Å². The van der Waals surface area contributed by atoms with E-state index in [1.807, 2.05) is 19.1 Å². The van der Waals surface area contributed by atoms with Crippen LogP contribution in [0.5, 0.6) is 0 Å². The molecule has 0 amide bonds. The molecule has 0 unspecified atom stereocenters. The predicted octanol–water partition coefficient (Wildman–Crippen LogP) is 3.06. The minimum Gasteiger partial charge on any atom is -0.398 e. The van der Waals surface area contributed by atoms with Gasteiger partial charge in [-0.05, 0) is 64.5 Å². The van der Waals surface area contributed by atoms with E-state index in [9.17, 15) is 4.79 Å². The van der Waals surface area contributed by atoms with Crippen LogP contribution >= 0.6 is 15.9 Å². The molecule has 19 heavy (non-hydrogen) atoms. The number of rotatable bonds is 0.